The highest BCUT2D eigenvalue weighted by Gasteiger charge is 2.39. The van der Waals surface area contributed by atoms with Gasteiger partial charge in [0, 0.05) is 37.1 Å². The van der Waals surface area contributed by atoms with Gasteiger partial charge in [-0.1, -0.05) is 6.07 Å². The van der Waals surface area contributed by atoms with Crippen LogP contribution < -0.4 is 0 Å². The molecule has 32 heavy (non-hydrogen) atoms. The van der Waals surface area contributed by atoms with Crippen molar-refractivity contribution < 1.29 is 17.2 Å². The van der Waals surface area contributed by atoms with Crippen LogP contribution in [0, 0.1) is 17.6 Å². The average molecular weight is 458 g/mol. The maximum Gasteiger partial charge on any atom is 0.246 e. The second kappa shape index (κ2) is 7.79. The molecule has 7 nitrogen and oxygen atoms in total. The molecule has 0 spiro atoms. The van der Waals surface area contributed by atoms with Crippen molar-refractivity contribution >= 4 is 21.1 Å². The van der Waals surface area contributed by atoms with E-state index in [1.165, 1.54) is 10.4 Å². The second-order valence-corrected chi connectivity index (χ2v) is 9.99. The molecular formula is C22H21F2N5O2S. The number of rotatable bonds is 5. The van der Waals surface area contributed by atoms with Crippen molar-refractivity contribution in [3.8, 4) is 11.3 Å². The third-order valence-electron chi connectivity index (χ3n) is 5.98. The summed E-state index contributed by atoms with van der Waals surface area (Å²) in [5, 5.41) is 6.73. The Kier molecular flexibility index (Phi) is 5.06. The molecule has 0 saturated carbocycles. The molecule has 0 aliphatic carbocycles. The normalized spacial score (nSPS) is 19.7. The van der Waals surface area contributed by atoms with Crippen LogP contribution in [0.25, 0.3) is 22.3 Å². The number of sulfonamides is 1. The van der Waals surface area contributed by atoms with Crippen LogP contribution in [0.2, 0.25) is 0 Å². The van der Waals surface area contributed by atoms with E-state index >= 15 is 0 Å². The Morgan fingerprint density at radius 2 is 2.03 bits per heavy atom. The van der Waals surface area contributed by atoms with Gasteiger partial charge in [-0.3, -0.25) is 5.10 Å². The topological polar surface area (TPSA) is 83.9 Å². The van der Waals surface area contributed by atoms with Crippen LogP contribution in [-0.2, 0) is 16.6 Å². The van der Waals surface area contributed by atoms with Gasteiger partial charge in [0.05, 0.1) is 22.9 Å². The van der Waals surface area contributed by atoms with Gasteiger partial charge in [-0.05, 0) is 49.6 Å². The minimum atomic E-state index is -4.14. The van der Waals surface area contributed by atoms with E-state index in [0.717, 1.165) is 34.4 Å². The number of halogens is 2. The second-order valence-electron chi connectivity index (χ2n) is 8.13. The molecule has 166 valence electrons. The van der Waals surface area contributed by atoms with Crippen LogP contribution >= 0.6 is 0 Å². The Morgan fingerprint density at radius 3 is 2.81 bits per heavy atom. The molecule has 1 aromatic carbocycles. The number of pyridine rings is 1. The number of nitrogens with zero attached hydrogens (tertiary/aromatic N) is 4. The summed E-state index contributed by atoms with van der Waals surface area (Å²) in [5.41, 5.74) is 3.49. The van der Waals surface area contributed by atoms with E-state index in [4.69, 9.17) is 0 Å². The Labute approximate surface area is 183 Å². The van der Waals surface area contributed by atoms with Crippen molar-refractivity contribution in [2.24, 2.45) is 5.92 Å². The predicted molar refractivity (Wildman–Crippen MR) is 115 cm³/mol. The number of H-pyrrole nitrogens is 1. The zero-order chi connectivity index (χ0) is 22.5. The van der Waals surface area contributed by atoms with Crippen LogP contribution in [0.1, 0.15) is 13.3 Å². The number of hydrogen-bond donors (Lipinski definition) is 1. The van der Waals surface area contributed by atoms with Crippen molar-refractivity contribution in [1.82, 2.24) is 24.1 Å². The summed E-state index contributed by atoms with van der Waals surface area (Å²) in [6, 6.07) is 8.74. The zero-order valence-corrected chi connectivity index (χ0v) is 18.1. The van der Waals surface area contributed by atoms with Crippen molar-refractivity contribution in [3.63, 3.8) is 0 Å². The average Bonchev–Trinajstić information content (AvgIpc) is 3.50. The zero-order valence-electron chi connectivity index (χ0n) is 17.2. The van der Waals surface area contributed by atoms with Gasteiger partial charge in [0.25, 0.3) is 0 Å². The maximum absolute atomic E-state index is 14.2. The first-order valence-corrected chi connectivity index (χ1v) is 11.7. The first-order chi connectivity index (χ1) is 15.3. The lowest BCUT2D eigenvalue weighted by atomic mass is 10.1. The fraction of sp³-hybridized carbons (Fsp3) is 0.273. The SMILES string of the molecule is C[C@H]1C[C@@H](Cn2ccc3nc(-c4cn[nH]c4)ccc32)CN1S(=O)(=O)c1cccc(F)c1F. The lowest BCUT2D eigenvalue weighted by molar-refractivity contribution is 0.393. The largest absolute Gasteiger partial charge is 0.346 e. The summed E-state index contributed by atoms with van der Waals surface area (Å²) < 4.78 is 57.2. The molecule has 0 radical (unpaired) electrons. The molecule has 3 aromatic heterocycles. The van der Waals surface area contributed by atoms with Gasteiger partial charge in [0.15, 0.2) is 11.6 Å². The Hall–Kier alpha value is -3.11. The van der Waals surface area contributed by atoms with Crippen LogP contribution in [0.3, 0.4) is 0 Å². The monoisotopic (exact) mass is 457 g/mol. The van der Waals surface area contributed by atoms with Gasteiger partial charge in [0.2, 0.25) is 10.0 Å². The van der Waals surface area contributed by atoms with Crippen molar-refractivity contribution in [3.05, 3.63) is 66.6 Å². The number of benzene rings is 1. The van der Waals surface area contributed by atoms with Crippen LogP contribution in [0.4, 0.5) is 8.78 Å². The number of nitrogens with one attached hydrogen (secondary N) is 1. The molecule has 0 amide bonds. The molecule has 1 saturated heterocycles. The Morgan fingerprint density at radius 1 is 1.19 bits per heavy atom. The third-order valence-corrected chi connectivity index (χ3v) is 7.98. The summed E-state index contributed by atoms with van der Waals surface area (Å²) in [7, 11) is -4.14. The van der Waals surface area contributed by atoms with E-state index in [2.05, 4.69) is 19.7 Å². The molecule has 0 unspecified atom stereocenters. The molecule has 10 heteroatoms. The number of aromatic nitrogens is 4. The van der Waals surface area contributed by atoms with Crippen LogP contribution in [0.15, 0.2) is 59.9 Å². The molecule has 2 atom stereocenters. The summed E-state index contributed by atoms with van der Waals surface area (Å²) >= 11 is 0. The van der Waals surface area contributed by atoms with E-state index in [-0.39, 0.29) is 18.5 Å². The molecule has 1 fully saturated rings. The Balaban J connectivity index is 1.37. The molecule has 5 rings (SSSR count). The first-order valence-electron chi connectivity index (χ1n) is 10.3. The van der Waals surface area contributed by atoms with E-state index in [0.29, 0.717) is 13.0 Å². The summed E-state index contributed by atoms with van der Waals surface area (Å²) in [6.07, 6.45) is 6.05. The van der Waals surface area contributed by atoms with Gasteiger partial charge >= 0.3 is 0 Å². The van der Waals surface area contributed by atoms with Gasteiger partial charge in [-0.2, -0.15) is 9.40 Å². The van der Waals surface area contributed by atoms with Gasteiger partial charge in [-0.15, -0.1) is 0 Å². The molecule has 1 aliphatic heterocycles. The maximum atomic E-state index is 14.2. The summed E-state index contributed by atoms with van der Waals surface area (Å²) in [4.78, 5) is 4.06. The van der Waals surface area contributed by atoms with E-state index in [9.17, 15) is 17.2 Å². The number of fused-ring (bicyclic) bond motifs is 1. The highest BCUT2D eigenvalue weighted by atomic mass is 32.2. The predicted octanol–water partition coefficient (Wildman–Crippen LogP) is 3.80. The molecule has 1 aliphatic rings. The standard InChI is InChI=1S/C22H21F2N5O2S/c1-14-9-15(13-29(14)32(30,31)21-4-2-3-17(23)22(21)24)12-28-8-7-19-20(28)6-5-18(27-19)16-10-25-26-11-16/h2-8,10-11,14-15H,9,12-13H2,1H3,(H,25,26)/t14-,15-/m0/s1. The first kappa shape index (κ1) is 20.8. The number of aromatic amines is 1. The third kappa shape index (κ3) is 3.49. The lowest BCUT2D eigenvalue weighted by Crippen LogP contribution is -2.34. The molecule has 4 aromatic rings. The fourth-order valence-corrected chi connectivity index (χ4v) is 6.24. The van der Waals surface area contributed by atoms with E-state index < -0.39 is 26.6 Å². The van der Waals surface area contributed by atoms with Crippen LogP contribution in [-0.4, -0.2) is 45.1 Å². The van der Waals surface area contributed by atoms with E-state index in [1.807, 2.05) is 24.4 Å². The highest BCUT2D eigenvalue weighted by molar-refractivity contribution is 7.89. The van der Waals surface area contributed by atoms with Crippen LogP contribution in [0.5, 0.6) is 0 Å². The van der Waals surface area contributed by atoms with Gasteiger partial charge < -0.3 is 4.57 Å². The minimum Gasteiger partial charge on any atom is -0.346 e. The fourth-order valence-electron chi connectivity index (χ4n) is 4.45. The molecule has 0 bridgehead atoms. The van der Waals surface area contributed by atoms with Crippen molar-refractivity contribution in [2.45, 2.75) is 30.8 Å². The van der Waals surface area contributed by atoms with Gasteiger partial charge in [0.1, 0.15) is 4.90 Å². The minimum absolute atomic E-state index is 0.0283. The molecule has 1 N–H and O–H groups in total. The van der Waals surface area contributed by atoms with Crippen molar-refractivity contribution in [1.29, 1.82) is 0 Å². The quantitative estimate of drug-likeness (QED) is 0.494. The summed E-state index contributed by atoms with van der Waals surface area (Å²) in [6.45, 7) is 2.62. The van der Waals surface area contributed by atoms with Gasteiger partial charge in [-0.25, -0.2) is 22.2 Å². The number of hydrogen-bond acceptors (Lipinski definition) is 4. The van der Waals surface area contributed by atoms with Crippen molar-refractivity contribution in [2.75, 3.05) is 6.54 Å². The lowest BCUT2D eigenvalue weighted by Gasteiger charge is -2.21. The molecular weight excluding hydrogens is 436 g/mol. The highest BCUT2D eigenvalue weighted by Crippen LogP contribution is 2.32. The molecule has 4 heterocycles. The Bertz CT molecular complexity index is 1380. The smallest absolute Gasteiger partial charge is 0.246 e. The summed E-state index contributed by atoms with van der Waals surface area (Å²) in [5.74, 6) is -2.48. The van der Waals surface area contributed by atoms with E-state index in [1.54, 1.807) is 19.3 Å².